The molecular formula is C27H23N3O8S. The van der Waals surface area contributed by atoms with Crippen LogP contribution in [0.2, 0.25) is 0 Å². The molecule has 0 unspecified atom stereocenters. The number of anilines is 1. The number of benzene rings is 3. The minimum Gasteiger partial charge on any atom is -0.495 e. The maximum atomic E-state index is 12.9. The molecule has 3 aromatic carbocycles. The van der Waals surface area contributed by atoms with Crippen molar-refractivity contribution in [2.75, 3.05) is 26.1 Å². The molecule has 3 amide bonds. The second-order valence-corrected chi connectivity index (χ2v) is 9.14. The summed E-state index contributed by atoms with van der Waals surface area (Å²) in [5, 5.41) is 13.1. The van der Waals surface area contributed by atoms with Crippen molar-refractivity contribution in [1.29, 1.82) is 0 Å². The summed E-state index contributed by atoms with van der Waals surface area (Å²) in [6, 6.07) is 17.8. The van der Waals surface area contributed by atoms with Crippen molar-refractivity contribution in [3.8, 4) is 17.2 Å². The summed E-state index contributed by atoms with van der Waals surface area (Å²) in [4.78, 5) is 49.4. The van der Waals surface area contributed by atoms with Crippen LogP contribution in [0, 0.1) is 10.1 Å². The number of nitrogens with one attached hydrogen (secondary N) is 1. The van der Waals surface area contributed by atoms with E-state index in [1.54, 1.807) is 54.6 Å². The van der Waals surface area contributed by atoms with Gasteiger partial charge in [0.2, 0.25) is 5.91 Å². The number of nitro groups is 1. The van der Waals surface area contributed by atoms with Crippen molar-refractivity contribution in [3.63, 3.8) is 0 Å². The molecule has 0 bridgehead atoms. The SMILES string of the molecule is COc1ccccc1NC(=O)CN1C(=O)S/C(=C/c2ccc(OCc3cccc([N+](=O)[O-])c3)c(OC)c2)C1=O. The number of para-hydroxylation sites is 2. The highest BCUT2D eigenvalue weighted by atomic mass is 32.2. The summed E-state index contributed by atoms with van der Waals surface area (Å²) in [5.41, 5.74) is 1.56. The van der Waals surface area contributed by atoms with Crippen molar-refractivity contribution < 1.29 is 33.5 Å². The minimum atomic E-state index is -0.592. The van der Waals surface area contributed by atoms with Gasteiger partial charge in [-0.25, -0.2) is 0 Å². The summed E-state index contributed by atoms with van der Waals surface area (Å²) in [6.45, 7) is -0.374. The molecule has 1 saturated heterocycles. The average molecular weight is 550 g/mol. The van der Waals surface area contributed by atoms with Gasteiger partial charge in [-0.05, 0) is 53.2 Å². The van der Waals surface area contributed by atoms with E-state index in [1.165, 1.54) is 32.4 Å². The van der Waals surface area contributed by atoms with Crippen LogP contribution in [0.5, 0.6) is 17.2 Å². The first-order valence-corrected chi connectivity index (χ1v) is 12.3. The van der Waals surface area contributed by atoms with Crippen molar-refractivity contribution in [2.24, 2.45) is 0 Å². The standard InChI is InChI=1S/C27H23N3O8S/c1-36-21-9-4-3-8-20(21)28-25(31)15-29-26(32)24(39-27(29)33)14-17-10-11-22(23(13-17)37-2)38-16-18-6-5-7-19(12-18)30(34)35/h3-14H,15-16H2,1-2H3,(H,28,31)/b24-14+. The quantitative estimate of drug-likeness (QED) is 0.213. The molecule has 39 heavy (non-hydrogen) atoms. The number of ether oxygens (including phenoxy) is 3. The smallest absolute Gasteiger partial charge is 0.294 e. The summed E-state index contributed by atoms with van der Waals surface area (Å²) < 4.78 is 16.4. The number of amides is 3. The highest BCUT2D eigenvalue weighted by Crippen LogP contribution is 2.35. The fraction of sp³-hybridized carbons (Fsp3) is 0.148. The van der Waals surface area contributed by atoms with Gasteiger partial charge in [-0.1, -0.05) is 30.3 Å². The van der Waals surface area contributed by atoms with Crippen molar-refractivity contribution >= 4 is 46.3 Å². The van der Waals surface area contributed by atoms with Gasteiger partial charge in [-0.15, -0.1) is 0 Å². The van der Waals surface area contributed by atoms with Crippen molar-refractivity contribution in [2.45, 2.75) is 6.61 Å². The first kappa shape index (κ1) is 27.2. The Labute approximate surface area is 227 Å². The minimum absolute atomic E-state index is 0.0374. The molecule has 12 heteroatoms. The number of hydrogen-bond acceptors (Lipinski definition) is 9. The molecule has 1 N–H and O–H groups in total. The first-order valence-electron chi connectivity index (χ1n) is 11.5. The molecule has 4 rings (SSSR count). The number of methoxy groups -OCH3 is 2. The van der Waals surface area contributed by atoms with Crippen LogP contribution in [0.1, 0.15) is 11.1 Å². The summed E-state index contributed by atoms with van der Waals surface area (Å²) in [5.74, 6) is 0.0679. The van der Waals surface area contributed by atoms with E-state index in [-0.39, 0.29) is 17.2 Å². The Balaban J connectivity index is 1.43. The molecule has 200 valence electrons. The van der Waals surface area contributed by atoms with E-state index in [0.29, 0.717) is 34.1 Å². The molecule has 0 atom stereocenters. The number of hydrogen-bond donors (Lipinski definition) is 1. The Morgan fingerprint density at radius 1 is 1.00 bits per heavy atom. The van der Waals surface area contributed by atoms with E-state index < -0.39 is 28.5 Å². The third-order valence-electron chi connectivity index (χ3n) is 5.56. The van der Waals surface area contributed by atoms with Gasteiger partial charge in [0.05, 0.1) is 29.7 Å². The molecule has 0 saturated carbocycles. The molecule has 3 aromatic rings. The zero-order valence-electron chi connectivity index (χ0n) is 20.9. The van der Waals surface area contributed by atoms with Gasteiger partial charge < -0.3 is 19.5 Å². The van der Waals surface area contributed by atoms with E-state index >= 15 is 0 Å². The largest absolute Gasteiger partial charge is 0.495 e. The van der Waals surface area contributed by atoms with Crippen LogP contribution in [-0.4, -0.2) is 47.6 Å². The van der Waals surface area contributed by atoms with Crippen LogP contribution in [0.15, 0.2) is 71.6 Å². The Hall–Kier alpha value is -4.84. The summed E-state index contributed by atoms with van der Waals surface area (Å²) in [7, 11) is 2.92. The summed E-state index contributed by atoms with van der Waals surface area (Å²) in [6.07, 6.45) is 1.52. The van der Waals surface area contributed by atoms with Gasteiger partial charge >= 0.3 is 0 Å². The number of imide groups is 1. The first-order chi connectivity index (χ1) is 18.8. The lowest BCUT2D eigenvalue weighted by atomic mass is 10.1. The van der Waals surface area contributed by atoms with Crippen LogP contribution < -0.4 is 19.5 Å². The van der Waals surface area contributed by atoms with Crippen molar-refractivity contribution in [1.82, 2.24) is 4.90 Å². The number of thioether (sulfide) groups is 1. The molecule has 1 aliphatic rings. The topological polar surface area (TPSA) is 137 Å². The lowest BCUT2D eigenvalue weighted by Crippen LogP contribution is -2.36. The van der Waals surface area contributed by atoms with Gasteiger partial charge in [-0.3, -0.25) is 29.4 Å². The predicted octanol–water partition coefficient (Wildman–Crippen LogP) is 4.87. The molecule has 0 spiro atoms. The Morgan fingerprint density at radius 2 is 1.77 bits per heavy atom. The maximum absolute atomic E-state index is 12.9. The van der Waals surface area contributed by atoms with Crippen LogP contribution in [0.3, 0.4) is 0 Å². The number of carbonyl (C=O) groups excluding carboxylic acids is 3. The Morgan fingerprint density at radius 3 is 2.51 bits per heavy atom. The van der Waals surface area contributed by atoms with E-state index in [1.807, 2.05) is 0 Å². The highest BCUT2D eigenvalue weighted by molar-refractivity contribution is 8.18. The summed E-state index contributed by atoms with van der Waals surface area (Å²) >= 11 is 0.728. The maximum Gasteiger partial charge on any atom is 0.294 e. The van der Waals surface area contributed by atoms with E-state index in [2.05, 4.69) is 5.32 Å². The van der Waals surface area contributed by atoms with Gasteiger partial charge in [-0.2, -0.15) is 0 Å². The van der Waals surface area contributed by atoms with Crippen LogP contribution in [0.25, 0.3) is 6.08 Å². The highest BCUT2D eigenvalue weighted by Gasteiger charge is 2.36. The molecule has 1 aliphatic heterocycles. The van der Waals surface area contributed by atoms with E-state index in [9.17, 15) is 24.5 Å². The molecule has 1 fully saturated rings. The molecule has 11 nitrogen and oxygen atoms in total. The van der Waals surface area contributed by atoms with Crippen LogP contribution in [0.4, 0.5) is 16.2 Å². The monoisotopic (exact) mass is 549 g/mol. The Kier molecular flexibility index (Phi) is 8.46. The number of rotatable bonds is 10. The third-order valence-corrected chi connectivity index (χ3v) is 6.46. The number of non-ortho nitro benzene ring substituents is 1. The van der Waals surface area contributed by atoms with Gasteiger partial charge in [0.15, 0.2) is 11.5 Å². The molecule has 1 heterocycles. The van der Waals surface area contributed by atoms with Gasteiger partial charge in [0, 0.05) is 12.1 Å². The van der Waals surface area contributed by atoms with Crippen LogP contribution >= 0.6 is 11.8 Å². The average Bonchev–Trinajstić information content (AvgIpc) is 3.19. The normalized spacial score (nSPS) is 13.9. The zero-order valence-corrected chi connectivity index (χ0v) is 21.7. The molecule has 0 radical (unpaired) electrons. The third kappa shape index (κ3) is 6.54. The Bertz CT molecular complexity index is 1470. The molecule has 0 aromatic heterocycles. The van der Waals surface area contributed by atoms with Gasteiger partial charge in [0.1, 0.15) is 18.9 Å². The van der Waals surface area contributed by atoms with E-state index in [0.717, 1.165) is 16.7 Å². The number of nitrogens with zero attached hydrogens (tertiary/aromatic N) is 2. The van der Waals surface area contributed by atoms with E-state index in [4.69, 9.17) is 14.2 Å². The predicted molar refractivity (Wildman–Crippen MR) is 145 cm³/mol. The van der Waals surface area contributed by atoms with Crippen molar-refractivity contribution in [3.05, 3.63) is 92.9 Å². The van der Waals surface area contributed by atoms with Gasteiger partial charge in [0.25, 0.3) is 16.8 Å². The second kappa shape index (κ2) is 12.1. The zero-order chi connectivity index (χ0) is 27.9. The lowest BCUT2D eigenvalue weighted by Gasteiger charge is -2.14. The van der Waals surface area contributed by atoms with Crippen LogP contribution in [-0.2, 0) is 16.2 Å². The number of carbonyl (C=O) groups is 3. The number of nitro benzene ring substituents is 1. The second-order valence-electron chi connectivity index (χ2n) is 8.14. The lowest BCUT2D eigenvalue weighted by molar-refractivity contribution is -0.384. The fourth-order valence-electron chi connectivity index (χ4n) is 3.68. The fourth-order valence-corrected chi connectivity index (χ4v) is 4.52. The molecular weight excluding hydrogens is 526 g/mol. The molecule has 0 aliphatic carbocycles.